The molecular formula is C8H11N2O5PS2. The first-order valence-corrected chi connectivity index (χ1v) is 8.75. The maximum atomic E-state index is 11.7. The molecule has 10 heteroatoms. The van der Waals surface area contributed by atoms with Crippen LogP contribution in [0.25, 0.3) is 0 Å². The zero-order chi connectivity index (χ0) is 13.6. The lowest BCUT2D eigenvalue weighted by Crippen LogP contribution is -2.27. The average Bonchev–Trinajstić information content (AvgIpc) is 2.81. The molecule has 1 aromatic heterocycles. The molecule has 0 aliphatic carbocycles. The molecule has 2 atom stereocenters. The maximum absolute atomic E-state index is 11.7. The third-order valence-electron chi connectivity index (χ3n) is 2.47. The van der Waals surface area contributed by atoms with Crippen molar-refractivity contribution in [2.45, 2.75) is 16.0 Å². The smallest absolute Gasteiger partial charge is 0.375 e. The molecule has 1 aromatic rings. The third-order valence-corrected chi connectivity index (χ3v) is 6.26. The van der Waals surface area contributed by atoms with Crippen molar-refractivity contribution in [1.82, 2.24) is 4.98 Å². The first-order valence-electron chi connectivity index (χ1n) is 4.76. The SMILES string of the molecule is C[S+]([O-])c1sc(N)nc1C1(P(=O)(O)O)CC=CO1. The Morgan fingerprint density at radius 1 is 1.72 bits per heavy atom. The second-order valence-electron chi connectivity index (χ2n) is 3.66. The van der Waals surface area contributed by atoms with Crippen molar-refractivity contribution >= 4 is 35.2 Å². The van der Waals surface area contributed by atoms with E-state index < -0.39 is 24.1 Å². The Balaban J connectivity index is 2.61. The molecule has 0 fully saturated rings. The van der Waals surface area contributed by atoms with Crippen LogP contribution in [-0.4, -0.2) is 25.6 Å². The first-order chi connectivity index (χ1) is 8.28. The van der Waals surface area contributed by atoms with E-state index in [4.69, 9.17) is 10.5 Å². The number of thiazole rings is 1. The van der Waals surface area contributed by atoms with Crippen LogP contribution < -0.4 is 5.73 Å². The molecule has 18 heavy (non-hydrogen) atoms. The van der Waals surface area contributed by atoms with Gasteiger partial charge in [-0.1, -0.05) is 0 Å². The lowest BCUT2D eigenvalue weighted by Gasteiger charge is -2.27. The average molecular weight is 310 g/mol. The van der Waals surface area contributed by atoms with Gasteiger partial charge in [-0.25, -0.2) is 4.98 Å². The molecule has 1 aliphatic rings. The number of hydrogen-bond donors (Lipinski definition) is 3. The van der Waals surface area contributed by atoms with Crippen molar-refractivity contribution in [2.75, 3.05) is 12.0 Å². The molecule has 0 saturated heterocycles. The van der Waals surface area contributed by atoms with E-state index in [0.717, 1.165) is 11.3 Å². The van der Waals surface area contributed by atoms with E-state index in [2.05, 4.69) is 4.98 Å². The van der Waals surface area contributed by atoms with Crippen LogP contribution in [0.3, 0.4) is 0 Å². The van der Waals surface area contributed by atoms with E-state index in [-0.39, 0.29) is 21.5 Å². The highest BCUT2D eigenvalue weighted by Crippen LogP contribution is 2.63. The number of nitrogens with zero attached hydrogens (tertiary/aromatic N) is 1. The van der Waals surface area contributed by atoms with Crippen molar-refractivity contribution in [2.24, 2.45) is 0 Å². The van der Waals surface area contributed by atoms with Gasteiger partial charge in [0.05, 0.1) is 6.26 Å². The minimum atomic E-state index is -4.65. The monoisotopic (exact) mass is 310 g/mol. The Bertz CT molecular complexity index is 530. The second-order valence-corrected chi connectivity index (χ2v) is 8.08. The number of hydrogen-bond acceptors (Lipinski definition) is 6. The van der Waals surface area contributed by atoms with Gasteiger partial charge >= 0.3 is 7.60 Å². The topological polar surface area (TPSA) is 129 Å². The van der Waals surface area contributed by atoms with E-state index in [1.807, 2.05) is 0 Å². The van der Waals surface area contributed by atoms with E-state index in [0.29, 0.717) is 0 Å². The van der Waals surface area contributed by atoms with Gasteiger partial charge in [-0.2, -0.15) is 0 Å². The van der Waals surface area contributed by atoms with Crippen LogP contribution in [0.1, 0.15) is 12.1 Å². The molecule has 2 unspecified atom stereocenters. The standard InChI is InChI=1S/C8H11N2O5PS2/c1-18(14)6-5(10-7(9)17-6)8(16(11,12)13)3-2-4-15-8/h2,4H,3H2,1H3,(H2,9,10)(H2,11,12,13). The fourth-order valence-electron chi connectivity index (χ4n) is 1.66. The Morgan fingerprint density at radius 3 is 2.83 bits per heavy atom. The van der Waals surface area contributed by atoms with Gasteiger partial charge in [-0.15, -0.1) is 0 Å². The summed E-state index contributed by atoms with van der Waals surface area (Å²) in [6, 6.07) is 0. The van der Waals surface area contributed by atoms with Crippen molar-refractivity contribution in [1.29, 1.82) is 0 Å². The highest BCUT2D eigenvalue weighted by molar-refractivity contribution is 7.92. The third kappa shape index (κ3) is 2.07. The highest BCUT2D eigenvalue weighted by Gasteiger charge is 2.56. The summed E-state index contributed by atoms with van der Waals surface area (Å²) in [7, 11) is -4.65. The molecule has 2 rings (SSSR count). The van der Waals surface area contributed by atoms with E-state index in [9.17, 15) is 18.9 Å². The molecule has 4 N–H and O–H groups in total. The normalized spacial score (nSPS) is 25.1. The molecule has 0 amide bonds. The zero-order valence-corrected chi connectivity index (χ0v) is 11.8. The summed E-state index contributed by atoms with van der Waals surface area (Å²) in [5.41, 5.74) is 5.49. The number of nitrogens with two attached hydrogens (primary N) is 1. The van der Waals surface area contributed by atoms with Gasteiger partial charge < -0.3 is 24.8 Å². The van der Waals surface area contributed by atoms with Crippen LogP contribution in [0.15, 0.2) is 16.5 Å². The summed E-state index contributed by atoms with van der Waals surface area (Å²) >= 11 is -0.512. The molecule has 1 aliphatic heterocycles. The first kappa shape index (κ1) is 13.9. The lowest BCUT2D eigenvalue weighted by molar-refractivity contribution is 0.0856. The molecular weight excluding hydrogens is 299 g/mol. The second kappa shape index (κ2) is 4.52. The lowest BCUT2D eigenvalue weighted by atomic mass is 10.2. The van der Waals surface area contributed by atoms with Gasteiger partial charge in [0.15, 0.2) is 10.8 Å². The number of nitrogen functional groups attached to an aromatic ring is 1. The zero-order valence-electron chi connectivity index (χ0n) is 9.27. The molecule has 0 saturated carbocycles. The van der Waals surface area contributed by atoms with Crippen LogP contribution in [0.4, 0.5) is 5.13 Å². The Morgan fingerprint density at radius 2 is 2.39 bits per heavy atom. The summed E-state index contributed by atoms with van der Waals surface area (Å²) in [5.74, 6) is 0. The maximum Gasteiger partial charge on any atom is 0.375 e. The molecule has 0 aromatic carbocycles. The van der Waals surface area contributed by atoms with Crippen molar-refractivity contribution in [3.63, 3.8) is 0 Å². The van der Waals surface area contributed by atoms with Crippen molar-refractivity contribution < 1.29 is 23.6 Å². The van der Waals surface area contributed by atoms with Crippen LogP contribution in [0, 0.1) is 0 Å². The van der Waals surface area contributed by atoms with E-state index in [1.54, 1.807) is 0 Å². The van der Waals surface area contributed by atoms with Gasteiger partial charge in [0.2, 0.25) is 4.21 Å². The molecule has 0 spiro atoms. The Labute approximate surface area is 110 Å². The fraction of sp³-hybridized carbons (Fsp3) is 0.375. The van der Waals surface area contributed by atoms with Crippen molar-refractivity contribution in [3.8, 4) is 0 Å². The molecule has 0 radical (unpaired) electrons. The van der Waals surface area contributed by atoms with E-state index in [1.165, 1.54) is 18.6 Å². The molecule has 7 nitrogen and oxygen atoms in total. The summed E-state index contributed by atoms with van der Waals surface area (Å²) in [4.78, 5) is 22.9. The Hall–Kier alpha value is -0.570. The summed E-state index contributed by atoms with van der Waals surface area (Å²) in [6.07, 6.45) is 4.05. The van der Waals surface area contributed by atoms with Crippen LogP contribution in [0.5, 0.6) is 0 Å². The molecule has 100 valence electrons. The predicted octanol–water partition coefficient (Wildman–Crippen LogP) is 0.727. The van der Waals surface area contributed by atoms with Gasteiger partial charge in [0, 0.05) is 6.42 Å². The van der Waals surface area contributed by atoms with Crippen LogP contribution in [-0.2, 0) is 25.8 Å². The summed E-state index contributed by atoms with van der Waals surface area (Å²) < 4.78 is 28.6. The molecule has 2 heterocycles. The predicted molar refractivity (Wildman–Crippen MR) is 67.4 cm³/mol. The van der Waals surface area contributed by atoms with Crippen LogP contribution >= 0.6 is 18.9 Å². The number of anilines is 1. The number of rotatable bonds is 3. The van der Waals surface area contributed by atoms with E-state index >= 15 is 0 Å². The van der Waals surface area contributed by atoms with Gasteiger partial charge in [0.1, 0.15) is 6.26 Å². The Kier molecular flexibility index (Phi) is 3.48. The largest absolute Gasteiger partial charge is 0.611 e. The number of ether oxygens (including phenoxy) is 1. The highest BCUT2D eigenvalue weighted by atomic mass is 32.2. The minimum absolute atomic E-state index is 0.0371. The number of aromatic nitrogens is 1. The van der Waals surface area contributed by atoms with Crippen LogP contribution in [0.2, 0.25) is 0 Å². The summed E-state index contributed by atoms with van der Waals surface area (Å²) in [6.45, 7) is 0. The van der Waals surface area contributed by atoms with Gasteiger partial charge in [-0.3, -0.25) is 4.57 Å². The minimum Gasteiger partial charge on any atom is -0.611 e. The van der Waals surface area contributed by atoms with Gasteiger partial charge in [-0.05, 0) is 28.6 Å². The van der Waals surface area contributed by atoms with Gasteiger partial charge in [0.25, 0.3) is 5.34 Å². The van der Waals surface area contributed by atoms with Crippen molar-refractivity contribution in [3.05, 3.63) is 18.0 Å². The quantitative estimate of drug-likeness (QED) is 0.554. The fourth-order valence-corrected chi connectivity index (χ4v) is 4.63. The summed E-state index contributed by atoms with van der Waals surface area (Å²) in [5, 5.41) is -1.80. The molecule has 0 bridgehead atoms.